The lowest BCUT2D eigenvalue weighted by atomic mass is 10.1. The lowest BCUT2D eigenvalue weighted by molar-refractivity contribution is -0.355. The van der Waals surface area contributed by atoms with E-state index in [1.807, 2.05) is 0 Å². The number of ether oxygens (including phenoxy) is 4. The van der Waals surface area contributed by atoms with E-state index in [2.05, 4.69) is 48.2 Å². The van der Waals surface area contributed by atoms with Crippen LogP contribution in [0.3, 0.4) is 0 Å². The van der Waals surface area contributed by atoms with Gasteiger partial charge >= 0.3 is 23.9 Å². The number of aliphatic imine (C=N–C) groups is 1. The molecule has 0 spiro atoms. The molecule has 0 fully saturated rings. The van der Waals surface area contributed by atoms with Crippen molar-refractivity contribution in [2.24, 2.45) is 22.2 Å². The molecule has 0 aliphatic rings. The monoisotopic (exact) mass is 696 g/mol. The van der Waals surface area contributed by atoms with Gasteiger partial charge in [0.1, 0.15) is 25.5 Å². The summed E-state index contributed by atoms with van der Waals surface area (Å²) in [7, 11) is 3.59. The number of amides is 2. The quantitative estimate of drug-likeness (QED) is 0.0381. The number of rotatable bonds is 14. The van der Waals surface area contributed by atoms with Crippen LogP contribution >= 0.6 is 8.58 Å². The molecule has 11 N–H and O–H groups in total. The minimum absolute atomic E-state index is 0.0589. The molecule has 0 heterocycles. The van der Waals surface area contributed by atoms with Gasteiger partial charge in [0.15, 0.2) is 0 Å². The second kappa shape index (κ2) is 24.1. The Morgan fingerprint density at radius 2 is 1.33 bits per heavy atom. The highest BCUT2D eigenvalue weighted by atomic mass is 31.1. The standard InChI is InChI=1S/C14H17N3O6.C13H18N4O5.C2H7P/c1-8(15)16-11-5-9(14(21)22-2)3-4-10(11)17-12(18)6-23-7-13(19)20;1-21-12(20)8-2-3-9(10(6-8)17-13(14)15)16-11(19)7-22-5-4-18;1-3-2/h3-5H,6-7H2,1-2H3,(H2,15,16)(H,17,18)(H,19,20);2-3,6,18H,4-5,7H2,1H3,(H,16,19)(H4,14,15,17);3H,1-2H3/p+1. The number of carboxylic acid groups (broad SMARTS) is 1. The fourth-order valence-electron chi connectivity index (χ4n) is 3.15. The largest absolute Gasteiger partial charge is 0.480 e. The van der Waals surface area contributed by atoms with E-state index < -0.39 is 42.9 Å². The van der Waals surface area contributed by atoms with E-state index in [4.69, 9.17) is 32.2 Å². The predicted octanol–water partition coefficient (Wildman–Crippen LogP) is -1.15. The summed E-state index contributed by atoms with van der Waals surface area (Å²) < 4.78 is 18.8. The summed E-state index contributed by atoms with van der Waals surface area (Å²) in [4.78, 5) is 63.4. The van der Waals surface area contributed by atoms with Crippen LogP contribution < -0.4 is 32.8 Å². The second-order valence-electron chi connectivity index (χ2n) is 9.07. The van der Waals surface area contributed by atoms with Gasteiger partial charge in [0.05, 0.1) is 61.5 Å². The molecule has 0 saturated heterocycles. The van der Waals surface area contributed by atoms with Crippen molar-refractivity contribution in [2.45, 2.75) is 6.92 Å². The van der Waals surface area contributed by atoms with Crippen molar-refractivity contribution < 1.29 is 58.1 Å². The van der Waals surface area contributed by atoms with Gasteiger partial charge in [0, 0.05) is 0 Å². The van der Waals surface area contributed by atoms with Crippen molar-refractivity contribution in [3.63, 3.8) is 0 Å². The third-order valence-electron chi connectivity index (χ3n) is 4.91. The Morgan fingerprint density at radius 3 is 1.81 bits per heavy atom. The maximum absolute atomic E-state index is 11.7. The van der Waals surface area contributed by atoms with Gasteiger partial charge in [-0.3, -0.25) is 21.1 Å². The number of guanidine groups is 1. The topological polar surface area (TPSA) is 291 Å². The van der Waals surface area contributed by atoms with Crippen LogP contribution in [0.25, 0.3) is 0 Å². The van der Waals surface area contributed by atoms with Crippen molar-refractivity contribution in [1.82, 2.24) is 0 Å². The fraction of sp³-hybridized carbons (Fsp3) is 0.345. The maximum Gasteiger partial charge on any atom is 0.343 e. The Morgan fingerprint density at radius 1 is 0.833 bits per heavy atom. The number of anilines is 2. The molecule has 0 unspecified atom stereocenters. The zero-order valence-corrected chi connectivity index (χ0v) is 28.2. The number of aliphatic carboxylic acids is 1. The third kappa shape index (κ3) is 18.1. The number of nitrogens with two attached hydrogens (primary N) is 3. The molecular weight excluding hydrogens is 653 g/mol. The molecular formula is C29H43N7O11P+. The SMILES string of the molecule is COC(=O)c1ccc(NC(=O)COCC(=O)O)c(N=C(C)N)c1.COC(=O)c1ccc(NC(=O)COCCO)c([NH+]=C(N)N)c1.CPC. The lowest BCUT2D eigenvalue weighted by Crippen LogP contribution is -2.72. The molecule has 19 heteroatoms. The van der Waals surface area contributed by atoms with Crippen LogP contribution in [0.1, 0.15) is 27.6 Å². The molecule has 0 atom stereocenters. The lowest BCUT2D eigenvalue weighted by Gasteiger charge is -2.10. The zero-order valence-electron chi connectivity index (χ0n) is 27.2. The first-order valence-corrected chi connectivity index (χ1v) is 15.8. The number of aliphatic hydroxyl groups excluding tert-OH is 1. The van der Waals surface area contributed by atoms with Crippen molar-refractivity contribution in [2.75, 3.05) is 71.2 Å². The molecule has 0 aliphatic carbocycles. The highest BCUT2D eigenvalue weighted by Crippen LogP contribution is 2.27. The molecule has 2 aromatic carbocycles. The zero-order chi connectivity index (χ0) is 36.6. The molecule has 18 nitrogen and oxygen atoms in total. The van der Waals surface area contributed by atoms with E-state index >= 15 is 0 Å². The van der Waals surface area contributed by atoms with E-state index in [1.54, 1.807) is 6.92 Å². The Hall–Kier alpha value is -5.16. The van der Waals surface area contributed by atoms with Crippen LogP contribution in [0.15, 0.2) is 41.4 Å². The maximum atomic E-state index is 11.7. The molecule has 0 radical (unpaired) electrons. The van der Waals surface area contributed by atoms with Crippen molar-refractivity contribution in [3.05, 3.63) is 47.5 Å². The van der Waals surface area contributed by atoms with E-state index in [0.717, 1.165) is 8.58 Å². The average Bonchev–Trinajstić information content (AvgIpc) is 3.02. The third-order valence-corrected chi connectivity index (χ3v) is 4.91. The molecule has 2 amide bonds. The van der Waals surface area contributed by atoms with E-state index in [-0.39, 0.29) is 48.4 Å². The highest BCUT2D eigenvalue weighted by Gasteiger charge is 2.14. The summed E-state index contributed by atoms with van der Waals surface area (Å²) >= 11 is 0. The van der Waals surface area contributed by atoms with Gasteiger partial charge in [-0.1, -0.05) is 0 Å². The van der Waals surface area contributed by atoms with Crippen LogP contribution in [0.5, 0.6) is 0 Å². The first-order chi connectivity index (χ1) is 22.7. The molecule has 48 heavy (non-hydrogen) atoms. The van der Waals surface area contributed by atoms with Gasteiger partial charge in [-0.25, -0.2) is 24.4 Å². The number of hydrogen-bond acceptors (Lipinski definition) is 11. The van der Waals surface area contributed by atoms with Gasteiger partial charge in [-0.15, -0.1) is 8.58 Å². The molecule has 2 aromatic rings. The number of nitrogens with zero attached hydrogens (tertiary/aromatic N) is 1. The number of amidine groups is 1. The summed E-state index contributed by atoms with van der Waals surface area (Å²) in [6.07, 6.45) is 0. The minimum atomic E-state index is -1.18. The number of carbonyl (C=O) groups is 5. The van der Waals surface area contributed by atoms with Gasteiger partial charge in [-0.2, -0.15) is 0 Å². The average molecular weight is 697 g/mol. The Bertz CT molecular complexity index is 1440. The highest BCUT2D eigenvalue weighted by molar-refractivity contribution is 7.35. The van der Waals surface area contributed by atoms with Crippen LogP contribution in [0, 0.1) is 0 Å². The predicted molar refractivity (Wildman–Crippen MR) is 180 cm³/mol. The van der Waals surface area contributed by atoms with Gasteiger partial charge < -0.3 is 45.5 Å². The second-order valence-corrected chi connectivity index (χ2v) is 10.1. The number of aliphatic hydroxyl groups is 1. The van der Waals surface area contributed by atoms with Crippen LogP contribution in [0.4, 0.5) is 22.7 Å². The molecule has 0 saturated carbocycles. The van der Waals surface area contributed by atoms with Gasteiger partial charge in [0.25, 0.3) is 0 Å². The number of methoxy groups -OCH3 is 2. The Kier molecular flexibility index (Phi) is 21.5. The molecule has 0 bridgehead atoms. The molecule has 0 aliphatic heterocycles. The number of esters is 2. The summed E-state index contributed by atoms with van der Waals surface area (Å²) in [5.74, 6) is -3.15. The number of benzene rings is 2. The molecule has 264 valence electrons. The van der Waals surface area contributed by atoms with Crippen molar-refractivity contribution in [3.8, 4) is 0 Å². The number of hydrogen-bond donors (Lipinski definition) is 8. The first kappa shape index (κ1) is 42.8. The summed E-state index contributed by atoms with van der Waals surface area (Å²) in [5, 5.41) is 22.1. The van der Waals surface area contributed by atoms with Gasteiger partial charge in [0.2, 0.25) is 11.8 Å². The molecule has 0 aromatic heterocycles. The van der Waals surface area contributed by atoms with E-state index in [9.17, 15) is 24.0 Å². The Labute approximate surface area is 278 Å². The summed E-state index contributed by atoms with van der Waals surface area (Å²) in [5.41, 5.74) is 18.1. The summed E-state index contributed by atoms with van der Waals surface area (Å²) in [6.45, 7) is 4.50. The van der Waals surface area contributed by atoms with Crippen molar-refractivity contribution >= 4 is 72.8 Å². The molecule has 2 rings (SSSR count). The number of carbonyl (C=O) groups excluding carboxylic acids is 4. The van der Waals surface area contributed by atoms with Crippen LogP contribution in [0.2, 0.25) is 0 Å². The summed E-state index contributed by atoms with van der Waals surface area (Å²) in [6, 6.07) is 8.74. The van der Waals surface area contributed by atoms with Crippen molar-refractivity contribution in [1.29, 1.82) is 0 Å². The number of nitrogens with one attached hydrogen (secondary N) is 3. The van der Waals surface area contributed by atoms with E-state index in [0.29, 0.717) is 17.1 Å². The van der Waals surface area contributed by atoms with Gasteiger partial charge in [-0.05, 0) is 56.7 Å². The fourth-order valence-corrected chi connectivity index (χ4v) is 3.15. The van der Waals surface area contributed by atoms with E-state index in [1.165, 1.54) is 50.6 Å². The van der Waals surface area contributed by atoms with Crippen LogP contribution in [-0.4, -0.2) is 112 Å². The smallest absolute Gasteiger partial charge is 0.343 e. The normalized spacial score (nSPS) is 10.2. The van der Waals surface area contributed by atoms with Crippen LogP contribution in [-0.2, 0) is 33.3 Å². The number of carboxylic acids is 1. The first-order valence-electron chi connectivity index (χ1n) is 13.8. The minimum Gasteiger partial charge on any atom is -0.480 e. The Balaban J connectivity index is 0.000000851.